The fourth-order valence-electron chi connectivity index (χ4n) is 6.97. The van der Waals surface area contributed by atoms with E-state index in [4.69, 9.17) is 18.5 Å². The van der Waals surface area contributed by atoms with Crippen molar-refractivity contribution in [2.45, 2.75) is 223 Å². The van der Waals surface area contributed by atoms with Gasteiger partial charge in [-0.2, -0.15) is 0 Å². The van der Waals surface area contributed by atoms with Gasteiger partial charge < -0.3 is 45.0 Å². The average Bonchev–Trinajstić information content (AvgIpc) is 3.27. The molecule has 0 aromatic heterocycles. The summed E-state index contributed by atoms with van der Waals surface area (Å²) in [7, 11) is -5.18. The highest BCUT2D eigenvalue weighted by Crippen LogP contribution is 2.47. The van der Waals surface area contributed by atoms with Crippen molar-refractivity contribution >= 4 is 19.8 Å². The van der Waals surface area contributed by atoms with Crippen LogP contribution in [-0.2, 0) is 32.7 Å². The molecule has 0 radical (unpaired) electrons. The van der Waals surface area contributed by atoms with Crippen LogP contribution in [0.3, 0.4) is 0 Å². The summed E-state index contributed by atoms with van der Waals surface area (Å²) in [6.45, 7) is 3.10. The predicted molar refractivity (Wildman–Crippen MR) is 250 cm³/mol. The summed E-state index contributed by atoms with van der Waals surface area (Å²) in [6.07, 6.45) is 30.0. The van der Waals surface area contributed by atoms with Crippen molar-refractivity contribution in [3.8, 4) is 0 Å². The highest BCUT2D eigenvalue weighted by molar-refractivity contribution is 7.47. The monoisotopic (exact) mass is 929 g/mol. The van der Waals surface area contributed by atoms with Crippen LogP contribution >= 0.6 is 7.82 Å². The second kappa shape index (κ2) is 38.6. The molecular formula is C49H85O14P. The number of esters is 2. The highest BCUT2D eigenvalue weighted by atomic mass is 31.2. The van der Waals surface area contributed by atoms with E-state index in [2.05, 4.69) is 50.3 Å². The summed E-state index contributed by atoms with van der Waals surface area (Å²) in [6, 6.07) is 0. The summed E-state index contributed by atoms with van der Waals surface area (Å²) in [5.74, 6) is -1.31. The van der Waals surface area contributed by atoms with Gasteiger partial charge in [-0.25, -0.2) is 4.57 Å². The second-order valence-electron chi connectivity index (χ2n) is 16.8. The van der Waals surface area contributed by atoms with Gasteiger partial charge in [0.1, 0.15) is 43.2 Å². The Morgan fingerprint density at radius 2 is 1.03 bits per heavy atom. The zero-order valence-corrected chi connectivity index (χ0v) is 39.8. The fraction of sp³-hybridized carbons (Fsp3) is 0.755. The van der Waals surface area contributed by atoms with Crippen molar-refractivity contribution in [1.29, 1.82) is 0 Å². The smallest absolute Gasteiger partial charge is 0.462 e. The van der Waals surface area contributed by atoms with Gasteiger partial charge >= 0.3 is 19.8 Å². The molecule has 15 heteroatoms. The van der Waals surface area contributed by atoms with Gasteiger partial charge in [0.15, 0.2) is 6.10 Å². The van der Waals surface area contributed by atoms with Gasteiger partial charge in [-0.1, -0.05) is 152 Å². The van der Waals surface area contributed by atoms with Gasteiger partial charge in [0.25, 0.3) is 0 Å². The molecule has 9 atom stereocenters. The van der Waals surface area contributed by atoms with E-state index in [1.807, 2.05) is 12.2 Å². The topological polar surface area (TPSA) is 230 Å². The fourth-order valence-corrected chi connectivity index (χ4v) is 7.95. The van der Waals surface area contributed by atoms with Crippen LogP contribution in [0.4, 0.5) is 0 Å². The lowest BCUT2D eigenvalue weighted by molar-refractivity contribution is -0.220. The van der Waals surface area contributed by atoms with Crippen molar-refractivity contribution in [1.82, 2.24) is 0 Å². The lowest BCUT2D eigenvalue weighted by Crippen LogP contribution is -2.64. The van der Waals surface area contributed by atoms with Crippen molar-refractivity contribution in [2.75, 3.05) is 13.2 Å². The zero-order chi connectivity index (χ0) is 47.3. The normalized spacial score (nSPS) is 22.6. The summed E-state index contributed by atoms with van der Waals surface area (Å²) in [4.78, 5) is 35.8. The Labute approximate surface area is 384 Å². The van der Waals surface area contributed by atoms with Crippen LogP contribution in [0.1, 0.15) is 174 Å². The number of carbonyl (C=O) groups excluding carboxylic acids is 2. The minimum absolute atomic E-state index is 0.120. The molecule has 0 bridgehead atoms. The van der Waals surface area contributed by atoms with Crippen LogP contribution in [0.25, 0.3) is 0 Å². The maximum Gasteiger partial charge on any atom is 0.472 e. The molecule has 1 saturated carbocycles. The number of hydrogen-bond donors (Lipinski definition) is 7. The number of allylic oxidation sites excluding steroid dienone is 9. The Bertz CT molecular complexity index is 1370. The Morgan fingerprint density at radius 1 is 0.562 bits per heavy atom. The lowest BCUT2D eigenvalue weighted by atomic mass is 9.85. The number of ether oxygens (including phenoxy) is 2. The maximum absolute atomic E-state index is 12.8. The molecule has 0 aromatic carbocycles. The summed E-state index contributed by atoms with van der Waals surface area (Å²) >= 11 is 0. The summed E-state index contributed by atoms with van der Waals surface area (Å²) in [5.41, 5.74) is 0. The zero-order valence-electron chi connectivity index (χ0n) is 38.9. The van der Waals surface area contributed by atoms with E-state index in [9.17, 15) is 49.7 Å². The number of aliphatic hydroxyl groups excluding tert-OH is 6. The highest BCUT2D eigenvalue weighted by Gasteiger charge is 2.51. The van der Waals surface area contributed by atoms with Crippen molar-refractivity contribution in [3.63, 3.8) is 0 Å². The number of rotatable bonds is 39. The van der Waals surface area contributed by atoms with E-state index in [-0.39, 0.29) is 25.7 Å². The molecule has 0 saturated heterocycles. The Kier molecular flexibility index (Phi) is 35.9. The SMILES string of the molecule is CCCCC/C=C\C/C=C\C/C=C\C=C\[C@H](O)CCCC(=O)O[C@H](COC(=O)CCCCCCCCC/C=C\CCCCCCCC)COP(=O)(O)OC1[C@H](O)[C@H](O)C(O)[C@H](O)[C@H]1O. The van der Waals surface area contributed by atoms with Crippen LogP contribution in [-0.4, -0.2) is 110 Å². The molecule has 1 aliphatic carbocycles. The van der Waals surface area contributed by atoms with Crippen LogP contribution in [0.5, 0.6) is 0 Å². The number of carbonyl (C=O) groups is 2. The van der Waals surface area contributed by atoms with E-state index < -0.39 is 81.8 Å². The van der Waals surface area contributed by atoms with Gasteiger partial charge in [-0.15, -0.1) is 0 Å². The number of unbranched alkanes of at least 4 members (excludes halogenated alkanes) is 16. The third kappa shape index (κ3) is 30.7. The van der Waals surface area contributed by atoms with Gasteiger partial charge in [-0.05, 0) is 70.6 Å². The molecule has 0 heterocycles. The number of phosphoric acid groups is 1. The molecule has 1 aliphatic rings. The molecule has 0 spiro atoms. The quantitative estimate of drug-likeness (QED) is 0.0101. The van der Waals surface area contributed by atoms with Gasteiger partial charge in [-0.3, -0.25) is 18.6 Å². The Balaban J connectivity index is 2.53. The third-order valence-electron chi connectivity index (χ3n) is 10.9. The van der Waals surface area contributed by atoms with Gasteiger partial charge in [0.2, 0.25) is 0 Å². The molecular weight excluding hydrogens is 843 g/mol. The lowest BCUT2D eigenvalue weighted by Gasteiger charge is -2.41. The van der Waals surface area contributed by atoms with Crippen molar-refractivity contribution < 1.29 is 68.2 Å². The van der Waals surface area contributed by atoms with Crippen LogP contribution in [0, 0.1) is 0 Å². The second-order valence-corrected chi connectivity index (χ2v) is 18.2. The van der Waals surface area contributed by atoms with Crippen molar-refractivity contribution in [2.24, 2.45) is 0 Å². The number of phosphoric ester groups is 1. The largest absolute Gasteiger partial charge is 0.472 e. The van der Waals surface area contributed by atoms with Gasteiger partial charge in [0.05, 0.1) is 12.7 Å². The van der Waals surface area contributed by atoms with E-state index >= 15 is 0 Å². The number of hydrogen-bond acceptors (Lipinski definition) is 13. The molecule has 0 aromatic rings. The van der Waals surface area contributed by atoms with Crippen LogP contribution in [0.15, 0.2) is 60.8 Å². The molecule has 1 fully saturated rings. The van der Waals surface area contributed by atoms with E-state index in [0.29, 0.717) is 6.42 Å². The van der Waals surface area contributed by atoms with Crippen LogP contribution in [0.2, 0.25) is 0 Å². The molecule has 64 heavy (non-hydrogen) atoms. The predicted octanol–water partition coefficient (Wildman–Crippen LogP) is 8.70. The molecule has 7 N–H and O–H groups in total. The first-order valence-corrected chi connectivity index (χ1v) is 25.7. The molecule has 0 aliphatic heterocycles. The molecule has 14 nitrogen and oxygen atoms in total. The minimum Gasteiger partial charge on any atom is -0.462 e. The molecule has 0 amide bonds. The van der Waals surface area contributed by atoms with Crippen molar-refractivity contribution in [3.05, 3.63) is 60.8 Å². The molecule has 1 rings (SSSR count). The Hall–Kier alpha value is -2.49. The molecule has 370 valence electrons. The van der Waals surface area contributed by atoms with Crippen LogP contribution < -0.4 is 0 Å². The first-order valence-electron chi connectivity index (χ1n) is 24.2. The van der Waals surface area contributed by atoms with Gasteiger partial charge in [0, 0.05) is 12.8 Å². The third-order valence-corrected chi connectivity index (χ3v) is 11.9. The van der Waals surface area contributed by atoms with E-state index in [0.717, 1.165) is 64.2 Å². The summed E-state index contributed by atoms with van der Waals surface area (Å²) < 4.78 is 33.4. The average molecular weight is 929 g/mol. The Morgan fingerprint density at radius 3 is 1.64 bits per heavy atom. The first kappa shape index (κ1) is 59.5. The standard InChI is InChI=1S/C49H85O14P/c1-3-5-7-9-11-13-15-17-18-19-20-22-24-26-28-30-32-36-42(51)60-38-41(39-61-64(58,59)63-49-47(56)45(54)44(53)46(55)48(49)57)62-43(52)37-33-35-40(50)34-31-29-27-25-23-21-16-14-12-10-8-6-4-2/h12,14,17-18,21,23,27,29,31,34,40-41,44-50,53-57H,3-11,13,15-16,19-20,22,24-26,28,30,32-33,35-39H2,1-2H3,(H,58,59)/b14-12-,18-17-,23-21-,29-27-,34-31+/t40-,41+,44?,45-,46+,47+,48+,49?/m0/s1. The van der Waals surface area contributed by atoms with E-state index in [1.165, 1.54) is 64.2 Å². The summed E-state index contributed by atoms with van der Waals surface area (Å²) in [5, 5.41) is 60.5. The number of aliphatic hydroxyl groups is 6. The molecule has 3 unspecified atom stereocenters. The van der Waals surface area contributed by atoms with E-state index in [1.54, 1.807) is 12.2 Å². The maximum atomic E-state index is 12.8. The minimum atomic E-state index is -5.18. The first-order chi connectivity index (χ1) is 30.8.